The van der Waals surface area contributed by atoms with Crippen LogP contribution < -0.4 is 0 Å². The second-order valence-corrected chi connectivity index (χ2v) is 4.55. The molecule has 0 amide bonds. The Morgan fingerprint density at radius 1 is 1.06 bits per heavy atom. The van der Waals surface area contributed by atoms with E-state index in [9.17, 15) is 4.79 Å². The van der Waals surface area contributed by atoms with E-state index >= 15 is 0 Å². The maximum absolute atomic E-state index is 12.1. The second kappa shape index (κ2) is 5.05. The van der Waals surface area contributed by atoms with E-state index in [1.807, 2.05) is 0 Å². The van der Waals surface area contributed by atoms with Gasteiger partial charge in [-0.1, -0.05) is 34.8 Å². The van der Waals surface area contributed by atoms with Crippen LogP contribution in [0.3, 0.4) is 0 Å². The SMILES string of the molecule is O=C(c1ccnc(Cl)c1)c1ccc(Cl)cc1Cl. The van der Waals surface area contributed by atoms with Crippen molar-refractivity contribution < 1.29 is 4.79 Å². The molecule has 0 aliphatic heterocycles. The molecular formula is C12H6Cl3NO. The number of aromatic nitrogens is 1. The minimum Gasteiger partial charge on any atom is -0.289 e. The van der Waals surface area contributed by atoms with Gasteiger partial charge in [-0.05, 0) is 30.3 Å². The van der Waals surface area contributed by atoms with Crippen LogP contribution in [-0.2, 0) is 0 Å². The normalized spacial score (nSPS) is 10.3. The Hall–Kier alpha value is -1.09. The third-order valence-electron chi connectivity index (χ3n) is 2.16. The number of nitrogens with zero attached hydrogens (tertiary/aromatic N) is 1. The summed E-state index contributed by atoms with van der Waals surface area (Å²) in [6.45, 7) is 0. The lowest BCUT2D eigenvalue weighted by molar-refractivity contribution is 0.103. The number of hydrogen-bond donors (Lipinski definition) is 0. The molecule has 1 heterocycles. The molecule has 0 fully saturated rings. The van der Waals surface area contributed by atoms with Crippen molar-refractivity contribution in [2.24, 2.45) is 0 Å². The van der Waals surface area contributed by atoms with E-state index in [2.05, 4.69) is 4.98 Å². The van der Waals surface area contributed by atoms with Gasteiger partial charge in [-0.25, -0.2) is 4.98 Å². The number of ketones is 1. The van der Waals surface area contributed by atoms with Gasteiger partial charge in [-0.2, -0.15) is 0 Å². The van der Waals surface area contributed by atoms with Gasteiger partial charge in [0.05, 0.1) is 5.02 Å². The first-order valence-electron chi connectivity index (χ1n) is 4.69. The lowest BCUT2D eigenvalue weighted by Crippen LogP contribution is -2.02. The van der Waals surface area contributed by atoms with Crippen molar-refractivity contribution >= 4 is 40.6 Å². The molecule has 2 rings (SSSR count). The maximum atomic E-state index is 12.1. The van der Waals surface area contributed by atoms with Crippen molar-refractivity contribution in [1.29, 1.82) is 0 Å². The quantitative estimate of drug-likeness (QED) is 0.609. The Kier molecular flexibility index (Phi) is 3.67. The monoisotopic (exact) mass is 285 g/mol. The molecule has 0 atom stereocenters. The highest BCUT2D eigenvalue weighted by molar-refractivity contribution is 6.37. The zero-order valence-corrected chi connectivity index (χ0v) is 10.7. The molecule has 2 nitrogen and oxygen atoms in total. The molecule has 0 aliphatic rings. The van der Waals surface area contributed by atoms with Gasteiger partial charge in [0.2, 0.25) is 0 Å². The Balaban J connectivity index is 2.44. The van der Waals surface area contributed by atoms with Crippen molar-refractivity contribution in [3.8, 4) is 0 Å². The Labute approximate surface area is 113 Å². The molecule has 17 heavy (non-hydrogen) atoms. The van der Waals surface area contributed by atoms with Crippen LogP contribution in [0.25, 0.3) is 0 Å². The Morgan fingerprint density at radius 2 is 1.82 bits per heavy atom. The summed E-state index contributed by atoms with van der Waals surface area (Å²) in [6.07, 6.45) is 1.47. The highest BCUT2D eigenvalue weighted by atomic mass is 35.5. The first-order valence-corrected chi connectivity index (χ1v) is 5.82. The zero-order valence-electron chi connectivity index (χ0n) is 8.45. The summed E-state index contributed by atoms with van der Waals surface area (Å²) in [5, 5.41) is 1.07. The molecule has 0 bridgehead atoms. The van der Waals surface area contributed by atoms with Gasteiger partial charge in [0, 0.05) is 22.3 Å². The third kappa shape index (κ3) is 2.78. The van der Waals surface area contributed by atoms with Crippen LogP contribution in [-0.4, -0.2) is 10.8 Å². The molecule has 0 aliphatic carbocycles. The van der Waals surface area contributed by atoms with Crippen LogP contribution in [0.4, 0.5) is 0 Å². The zero-order chi connectivity index (χ0) is 12.4. The van der Waals surface area contributed by atoms with Crippen LogP contribution in [0.2, 0.25) is 15.2 Å². The Morgan fingerprint density at radius 3 is 2.47 bits per heavy atom. The molecule has 0 unspecified atom stereocenters. The second-order valence-electron chi connectivity index (χ2n) is 3.32. The molecule has 5 heteroatoms. The van der Waals surface area contributed by atoms with E-state index in [4.69, 9.17) is 34.8 Å². The van der Waals surface area contributed by atoms with E-state index in [0.29, 0.717) is 21.2 Å². The van der Waals surface area contributed by atoms with Gasteiger partial charge in [0.25, 0.3) is 0 Å². The number of hydrogen-bond acceptors (Lipinski definition) is 2. The summed E-state index contributed by atoms with van der Waals surface area (Å²) < 4.78 is 0. The minimum atomic E-state index is -0.212. The van der Waals surface area contributed by atoms with Crippen LogP contribution in [0.15, 0.2) is 36.5 Å². The van der Waals surface area contributed by atoms with Gasteiger partial charge >= 0.3 is 0 Å². The van der Waals surface area contributed by atoms with Crippen molar-refractivity contribution in [3.05, 3.63) is 62.9 Å². The Bertz CT molecular complexity index is 584. The van der Waals surface area contributed by atoms with Crippen molar-refractivity contribution in [2.45, 2.75) is 0 Å². The average molecular weight is 287 g/mol. The van der Waals surface area contributed by atoms with Crippen LogP contribution in [0.5, 0.6) is 0 Å². The first-order chi connectivity index (χ1) is 8.08. The smallest absolute Gasteiger partial charge is 0.194 e. The van der Waals surface area contributed by atoms with Gasteiger partial charge in [0.15, 0.2) is 5.78 Å². The van der Waals surface area contributed by atoms with E-state index in [1.54, 1.807) is 18.2 Å². The summed E-state index contributed by atoms with van der Waals surface area (Å²) in [5.74, 6) is -0.212. The number of halogens is 3. The van der Waals surface area contributed by atoms with Crippen molar-refractivity contribution in [2.75, 3.05) is 0 Å². The van der Waals surface area contributed by atoms with E-state index in [-0.39, 0.29) is 10.9 Å². The number of carbonyl (C=O) groups is 1. The van der Waals surface area contributed by atoms with Gasteiger partial charge in [0.1, 0.15) is 5.15 Å². The predicted octanol–water partition coefficient (Wildman–Crippen LogP) is 4.27. The molecule has 0 spiro atoms. The number of pyridine rings is 1. The van der Waals surface area contributed by atoms with Crippen molar-refractivity contribution in [1.82, 2.24) is 4.98 Å². The summed E-state index contributed by atoms with van der Waals surface area (Å²) in [4.78, 5) is 15.9. The molecule has 0 saturated carbocycles. The van der Waals surface area contributed by atoms with Crippen molar-refractivity contribution in [3.63, 3.8) is 0 Å². The summed E-state index contributed by atoms with van der Waals surface area (Å²) in [7, 11) is 0. The standard InChI is InChI=1S/C12H6Cl3NO/c13-8-1-2-9(10(14)6-8)12(17)7-3-4-16-11(15)5-7/h1-6H. The highest BCUT2D eigenvalue weighted by Gasteiger charge is 2.13. The fraction of sp³-hybridized carbons (Fsp3) is 0. The topological polar surface area (TPSA) is 30.0 Å². The van der Waals surface area contributed by atoms with Gasteiger partial charge in [-0.3, -0.25) is 4.79 Å². The average Bonchev–Trinajstić information content (AvgIpc) is 2.28. The molecule has 0 radical (unpaired) electrons. The predicted molar refractivity (Wildman–Crippen MR) is 69.1 cm³/mol. The first kappa shape index (κ1) is 12.4. The summed E-state index contributed by atoms with van der Waals surface area (Å²) in [5.41, 5.74) is 0.826. The lowest BCUT2D eigenvalue weighted by Gasteiger charge is -2.04. The number of carbonyl (C=O) groups excluding carboxylic acids is 1. The van der Waals surface area contributed by atoms with Gasteiger partial charge in [-0.15, -0.1) is 0 Å². The maximum Gasteiger partial charge on any atom is 0.194 e. The molecule has 86 valence electrons. The largest absolute Gasteiger partial charge is 0.289 e. The van der Waals surface area contributed by atoms with Crippen LogP contribution in [0, 0.1) is 0 Å². The molecule has 2 aromatic rings. The third-order valence-corrected chi connectivity index (χ3v) is 2.92. The highest BCUT2D eigenvalue weighted by Crippen LogP contribution is 2.23. The number of rotatable bonds is 2. The minimum absolute atomic E-state index is 0.212. The van der Waals surface area contributed by atoms with E-state index in [0.717, 1.165) is 0 Å². The molecule has 0 saturated heterocycles. The van der Waals surface area contributed by atoms with Crippen LogP contribution in [0.1, 0.15) is 15.9 Å². The molecule has 1 aromatic heterocycles. The molecular weight excluding hydrogens is 280 g/mol. The molecule has 0 N–H and O–H groups in total. The summed E-state index contributed by atoms with van der Waals surface area (Å²) in [6, 6.07) is 7.80. The van der Waals surface area contributed by atoms with Crippen LogP contribution >= 0.6 is 34.8 Å². The fourth-order valence-electron chi connectivity index (χ4n) is 1.37. The number of benzene rings is 1. The van der Waals surface area contributed by atoms with Gasteiger partial charge < -0.3 is 0 Å². The lowest BCUT2D eigenvalue weighted by atomic mass is 10.0. The summed E-state index contributed by atoms with van der Waals surface area (Å²) >= 11 is 17.5. The van der Waals surface area contributed by atoms with E-state index in [1.165, 1.54) is 18.3 Å². The fourth-order valence-corrected chi connectivity index (χ4v) is 2.04. The van der Waals surface area contributed by atoms with E-state index < -0.39 is 0 Å². The molecule has 1 aromatic carbocycles.